The van der Waals surface area contributed by atoms with E-state index in [1.165, 1.54) is 0 Å². The molecule has 0 fully saturated rings. The highest BCUT2D eigenvalue weighted by Crippen LogP contribution is 2.35. The number of hydrogen-bond acceptors (Lipinski definition) is 2. The van der Waals surface area contributed by atoms with E-state index in [1.807, 2.05) is 32.4 Å². The van der Waals surface area contributed by atoms with Gasteiger partial charge in [-0.3, -0.25) is 4.68 Å². The Hall–Kier alpha value is -0.740. The number of hydrogen-bond donors (Lipinski definition) is 1. The zero-order chi connectivity index (χ0) is 14.0. The van der Waals surface area contributed by atoms with Crippen LogP contribution < -0.4 is 5.32 Å². The van der Waals surface area contributed by atoms with Crippen molar-refractivity contribution in [2.75, 3.05) is 0 Å². The molecule has 2 rings (SSSR count). The van der Waals surface area contributed by atoms with Crippen LogP contribution in [0.15, 0.2) is 24.5 Å². The summed E-state index contributed by atoms with van der Waals surface area (Å²) in [5, 5.41) is 8.87. The Labute approximate surface area is 127 Å². The molecule has 0 saturated carbocycles. The third kappa shape index (κ3) is 3.42. The predicted octanol–water partition coefficient (Wildman–Crippen LogP) is 4.23. The standard InChI is InChI=1S/C13H14Cl3N3/c1-8(17-5-9-6-18-19(2)7-9)10-3-4-11(14)13(16)12(10)15/h3-4,6-8,17H,5H2,1-2H3. The molecule has 0 aliphatic carbocycles. The van der Waals surface area contributed by atoms with Gasteiger partial charge in [-0.2, -0.15) is 5.10 Å². The van der Waals surface area contributed by atoms with Gasteiger partial charge in [0.05, 0.1) is 21.3 Å². The van der Waals surface area contributed by atoms with Crippen molar-refractivity contribution in [3.05, 3.63) is 50.7 Å². The summed E-state index contributed by atoms with van der Waals surface area (Å²) >= 11 is 18.2. The molecule has 0 bridgehead atoms. The van der Waals surface area contributed by atoms with Crippen LogP contribution in [-0.2, 0) is 13.6 Å². The number of rotatable bonds is 4. The normalized spacial score (nSPS) is 12.7. The van der Waals surface area contributed by atoms with Gasteiger partial charge in [0.2, 0.25) is 0 Å². The van der Waals surface area contributed by atoms with Crippen molar-refractivity contribution in [3.63, 3.8) is 0 Å². The smallest absolute Gasteiger partial charge is 0.0781 e. The molecule has 1 atom stereocenters. The largest absolute Gasteiger partial charge is 0.306 e. The molecule has 1 heterocycles. The van der Waals surface area contributed by atoms with Crippen LogP contribution in [0.5, 0.6) is 0 Å². The van der Waals surface area contributed by atoms with Crippen molar-refractivity contribution < 1.29 is 0 Å². The first-order valence-electron chi connectivity index (χ1n) is 5.83. The molecule has 1 aromatic heterocycles. The van der Waals surface area contributed by atoms with Crippen LogP contribution in [0.25, 0.3) is 0 Å². The summed E-state index contributed by atoms with van der Waals surface area (Å²) < 4.78 is 1.77. The second kappa shape index (κ2) is 6.14. The molecular weight excluding hydrogens is 305 g/mol. The van der Waals surface area contributed by atoms with E-state index in [0.717, 1.165) is 11.1 Å². The lowest BCUT2D eigenvalue weighted by atomic mass is 10.1. The van der Waals surface area contributed by atoms with E-state index in [2.05, 4.69) is 10.4 Å². The third-order valence-corrected chi connectivity index (χ3v) is 4.21. The van der Waals surface area contributed by atoms with Crippen molar-refractivity contribution in [2.45, 2.75) is 19.5 Å². The Balaban J connectivity index is 2.08. The van der Waals surface area contributed by atoms with Gasteiger partial charge in [0.15, 0.2) is 0 Å². The second-order valence-electron chi connectivity index (χ2n) is 4.39. The molecule has 0 saturated heterocycles. The molecule has 6 heteroatoms. The molecule has 0 aliphatic heterocycles. The Bertz CT molecular complexity index is 581. The average molecular weight is 319 g/mol. The van der Waals surface area contributed by atoms with E-state index in [-0.39, 0.29) is 6.04 Å². The van der Waals surface area contributed by atoms with Gasteiger partial charge in [0, 0.05) is 31.4 Å². The number of benzene rings is 1. The fourth-order valence-electron chi connectivity index (χ4n) is 1.82. The molecule has 0 aliphatic rings. The van der Waals surface area contributed by atoms with Gasteiger partial charge in [-0.1, -0.05) is 40.9 Å². The summed E-state index contributed by atoms with van der Waals surface area (Å²) in [5.41, 5.74) is 2.05. The van der Waals surface area contributed by atoms with Gasteiger partial charge in [-0.15, -0.1) is 0 Å². The fourth-order valence-corrected chi connectivity index (χ4v) is 2.53. The molecule has 19 heavy (non-hydrogen) atoms. The van der Waals surface area contributed by atoms with Gasteiger partial charge in [0.1, 0.15) is 0 Å². The van der Waals surface area contributed by atoms with Crippen LogP contribution in [0.4, 0.5) is 0 Å². The second-order valence-corrected chi connectivity index (χ2v) is 5.55. The maximum Gasteiger partial charge on any atom is 0.0781 e. The summed E-state index contributed by atoms with van der Waals surface area (Å²) in [5.74, 6) is 0. The van der Waals surface area contributed by atoms with Crippen LogP contribution >= 0.6 is 34.8 Å². The SMILES string of the molecule is CC(NCc1cnn(C)c1)c1ccc(Cl)c(Cl)c1Cl. The highest BCUT2D eigenvalue weighted by atomic mass is 35.5. The molecule has 1 N–H and O–H groups in total. The summed E-state index contributed by atoms with van der Waals surface area (Å²) in [6.07, 6.45) is 3.80. The average Bonchev–Trinajstić information content (AvgIpc) is 2.79. The van der Waals surface area contributed by atoms with E-state index in [4.69, 9.17) is 34.8 Å². The maximum absolute atomic E-state index is 6.21. The Morgan fingerprint density at radius 2 is 2.00 bits per heavy atom. The van der Waals surface area contributed by atoms with Crippen molar-refractivity contribution in [3.8, 4) is 0 Å². The fraction of sp³-hybridized carbons (Fsp3) is 0.308. The lowest BCUT2D eigenvalue weighted by molar-refractivity contribution is 0.574. The first-order chi connectivity index (χ1) is 8.99. The summed E-state index contributed by atoms with van der Waals surface area (Å²) in [6, 6.07) is 3.72. The molecule has 102 valence electrons. The molecule has 0 amide bonds. The topological polar surface area (TPSA) is 29.9 Å². The van der Waals surface area contributed by atoms with E-state index < -0.39 is 0 Å². The highest BCUT2D eigenvalue weighted by molar-refractivity contribution is 6.48. The molecule has 0 radical (unpaired) electrons. The minimum Gasteiger partial charge on any atom is -0.306 e. The van der Waals surface area contributed by atoms with Gasteiger partial charge >= 0.3 is 0 Å². The lowest BCUT2D eigenvalue weighted by Crippen LogP contribution is -2.18. The monoisotopic (exact) mass is 317 g/mol. The minimum absolute atomic E-state index is 0.0717. The van der Waals surface area contributed by atoms with Crippen LogP contribution in [0.2, 0.25) is 15.1 Å². The number of halogens is 3. The molecule has 1 unspecified atom stereocenters. The summed E-state index contributed by atoms with van der Waals surface area (Å²) in [7, 11) is 1.89. The Kier molecular flexibility index (Phi) is 4.74. The summed E-state index contributed by atoms with van der Waals surface area (Å²) in [6.45, 7) is 2.74. The van der Waals surface area contributed by atoms with E-state index in [0.29, 0.717) is 21.6 Å². The van der Waals surface area contributed by atoms with E-state index >= 15 is 0 Å². The Morgan fingerprint density at radius 1 is 1.26 bits per heavy atom. The first-order valence-corrected chi connectivity index (χ1v) is 6.96. The third-order valence-electron chi connectivity index (χ3n) is 2.90. The Morgan fingerprint density at radius 3 is 2.63 bits per heavy atom. The van der Waals surface area contributed by atoms with Crippen LogP contribution in [0, 0.1) is 0 Å². The lowest BCUT2D eigenvalue weighted by Gasteiger charge is -2.16. The van der Waals surface area contributed by atoms with Gasteiger partial charge < -0.3 is 5.32 Å². The van der Waals surface area contributed by atoms with Crippen LogP contribution in [0.1, 0.15) is 24.1 Å². The molecule has 3 nitrogen and oxygen atoms in total. The zero-order valence-corrected chi connectivity index (χ0v) is 12.9. The molecule has 1 aromatic carbocycles. The zero-order valence-electron chi connectivity index (χ0n) is 10.6. The molecular formula is C13H14Cl3N3. The maximum atomic E-state index is 6.21. The van der Waals surface area contributed by atoms with Crippen molar-refractivity contribution in [1.29, 1.82) is 0 Å². The number of aromatic nitrogens is 2. The van der Waals surface area contributed by atoms with Crippen molar-refractivity contribution in [1.82, 2.24) is 15.1 Å². The number of aryl methyl sites for hydroxylation is 1. The van der Waals surface area contributed by atoms with Gasteiger partial charge in [0.25, 0.3) is 0 Å². The molecule has 2 aromatic rings. The number of nitrogens with zero attached hydrogens (tertiary/aromatic N) is 2. The predicted molar refractivity (Wildman–Crippen MR) is 79.9 cm³/mol. The number of nitrogens with one attached hydrogen (secondary N) is 1. The van der Waals surface area contributed by atoms with Crippen molar-refractivity contribution >= 4 is 34.8 Å². The summed E-state index contributed by atoms with van der Waals surface area (Å²) in [4.78, 5) is 0. The minimum atomic E-state index is 0.0717. The van der Waals surface area contributed by atoms with Crippen molar-refractivity contribution in [2.24, 2.45) is 7.05 Å². The quantitative estimate of drug-likeness (QED) is 0.855. The van der Waals surface area contributed by atoms with Crippen LogP contribution in [0.3, 0.4) is 0 Å². The van der Waals surface area contributed by atoms with Crippen LogP contribution in [-0.4, -0.2) is 9.78 Å². The van der Waals surface area contributed by atoms with Gasteiger partial charge in [-0.05, 0) is 18.6 Å². The first kappa shape index (κ1) is 14.7. The molecule has 0 spiro atoms. The van der Waals surface area contributed by atoms with Gasteiger partial charge in [-0.25, -0.2) is 0 Å². The highest BCUT2D eigenvalue weighted by Gasteiger charge is 2.14. The van der Waals surface area contributed by atoms with E-state index in [9.17, 15) is 0 Å². The van der Waals surface area contributed by atoms with E-state index in [1.54, 1.807) is 10.7 Å².